The van der Waals surface area contributed by atoms with Gasteiger partial charge in [-0.15, -0.1) is 0 Å². The number of nitrogens with zero attached hydrogens (tertiary/aromatic N) is 1. The van der Waals surface area contributed by atoms with Crippen LogP contribution in [0.15, 0.2) is 48.5 Å². The molecule has 2 aromatic rings. The molecule has 0 bridgehead atoms. The van der Waals surface area contributed by atoms with E-state index in [9.17, 15) is 4.79 Å². The van der Waals surface area contributed by atoms with Gasteiger partial charge in [-0.1, -0.05) is 48.0 Å². The van der Waals surface area contributed by atoms with E-state index in [4.69, 9.17) is 11.6 Å². The lowest BCUT2D eigenvalue weighted by Crippen LogP contribution is -2.47. The molecule has 0 spiro atoms. The van der Waals surface area contributed by atoms with Crippen LogP contribution in [0.5, 0.6) is 0 Å². The highest BCUT2D eigenvalue weighted by Gasteiger charge is 2.51. The molecule has 0 aromatic heterocycles. The van der Waals surface area contributed by atoms with Gasteiger partial charge in [-0.05, 0) is 79.8 Å². The van der Waals surface area contributed by atoms with Crippen LogP contribution in [0.4, 0.5) is 0 Å². The van der Waals surface area contributed by atoms with Crippen LogP contribution >= 0.6 is 11.6 Å². The first-order valence-electron chi connectivity index (χ1n) is 11.0. The molecule has 4 heteroatoms. The number of hydrogen-bond acceptors (Lipinski definition) is 2. The molecule has 1 aliphatic heterocycles. The monoisotopic (exact) mass is 408 g/mol. The summed E-state index contributed by atoms with van der Waals surface area (Å²) in [5.41, 5.74) is 3.83. The Morgan fingerprint density at radius 2 is 1.76 bits per heavy atom. The minimum atomic E-state index is -0.313. The van der Waals surface area contributed by atoms with Gasteiger partial charge in [0.15, 0.2) is 0 Å². The highest BCUT2D eigenvalue weighted by atomic mass is 35.5. The topological polar surface area (TPSA) is 32.3 Å². The molecule has 1 saturated heterocycles. The molecule has 1 heterocycles. The Morgan fingerprint density at radius 1 is 1.07 bits per heavy atom. The van der Waals surface area contributed by atoms with Crippen molar-refractivity contribution in [2.75, 3.05) is 19.6 Å². The van der Waals surface area contributed by atoms with Crippen molar-refractivity contribution >= 4 is 17.5 Å². The predicted molar refractivity (Wildman–Crippen MR) is 117 cm³/mol. The Bertz CT molecular complexity index is 865. The number of amides is 1. The summed E-state index contributed by atoms with van der Waals surface area (Å²) < 4.78 is 0. The number of benzene rings is 2. The maximum absolute atomic E-state index is 13.0. The number of fused-ring (bicyclic) bond motifs is 1. The van der Waals surface area contributed by atoms with Crippen molar-refractivity contribution in [2.24, 2.45) is 5.92 Å². The number of hydrogen-bond donors (Lipinski definition) is 1. The van der Waals surface area contributed by atoms with E-state index in [1.54, 1.807) is 0 Å². The Morgan fingerprint density at radius 3 is 2.41 bits per heavy atom. The standard InChI is InChI=1S/C25H29ClN2O/c26-22-9-7-21(8-10-22)25(11-12-25)24(29)27-16-18-4-3-13-28(17-18)23-14-19-5-1-2-6-20(19)15-23/h1-2,5-10,18,23H,3-4,11-17H2,(H,27,29). The van der Waals surface area contributed by atoms with Crippen LogP contribution in [0.3, 0.4) is 0 Å². The molecular weight excluding hydrogens is 380 g/mol. The van der Waals surface area contributed by atoms with Gasteiger partial charge in [0.05, 0.1) is 5.41 Å². The lowest BCUT2D eigenvalue weighted by Gasteiger charge is -2.37. The van der Waals surface area contributed by atoms with Gasteiger partial charge in [-0.3, -0.25) is 9.69 Å². The number of piperidine rings is 1. The summed E-state index contributed by atoms with van der Waals surface area (Å²) in [4.78, 5) is 15.7. The molecule has 1 N–H and O–H groups in total. The molecular formula is C25H29ClN2O. The quantitative estimate of drug-likeness (QED) is 0.796. The lowest BCUT2D eigenvalue weighted by atomic mass is 9.93. The van der Waals surface area contributed by atoms with Crippen LogP contribution in [0, 0.1) is 5.92 Å². The fraction of sp³-hybridized carbons (Fsp3) is 0.480. The van der Waals surface area contributed by atoms with Crippen molar-refractivity contribution in [1.82, 2.24) is 10.2 Å². The van der Waals surface area contributed by atoms with Crippen LogP contribution in [-0.4, -0.2) is 36.5 Å². The van der Waals surface area contributed by atoms with Crippen molar-refractivity contribution < 1.29 is 4.79 Å². The average molecular weight is 409 g/mol. The molecule has 1 amide bonds. The second-order valence-corrected chi connectivity index (χ2v) is 9.57. The summed E-state index contributed by atoms with van der Waals surface area (Å²) in [6.45, 7) is 3.09. The predicted octanol–water partition coefficient (Wildman–Crippen LogP) is 4.37. The van der Waals surface area contributed by atoms with Gasteiger partial charge in [0.2, 0.25) is 5.91 Å². The SMILES string of the molecule is O=C(NCC1CCCN(C2Cc3ccccc3C2)C1)C1(c2ccc(Cl)cc2)CC1. The van der Waals surface area contributed by atoms with Gasteiger partial charge in [-0.25, -0.2) is 0 Å². The largest absolute Gasteiger partial charge is 0.355 e. The Kier molecular flexibility index (Phi) is 5.13. The maximum Gasteiger partial charge on any atom is 0.230 e. The zero-order chi connectivity index (χ0) is 19.8. The molecule has 3 nitrogen and oxygen atoms in total. The second-order valence-electron chi connectivity index (χ2n) is 9.13. The van der Waals surface area contributed by atoms with E-state index in [1.807, 2.05) is 24.3 Å². The second kappa shape index (κ2) is 7.77. The van der Waals surface area contributed by atoms with E-state index in [0.717, 1.165) is 36.5 Å². The fourth-order valence-corrected chi connectivity index (χ4v) is 5.46. The summed E-state index contributed by atoms with van der Waals surface area (Å²) in [5, 5.41) is 4.02. The molecule has 2 aliphatic carbocycles. The van der Waals surface area contributed by atoms with Gasteiger partial charge < -0.3 is 5.32 Å². The minimum absolute atomic E-state index is 0.199. The summed E-state index contributed by atoms with van der Waals surface area (Å²) >= 11 is 6.02. The molecule has 29 heavy (non-hydrogen) atoms. The van der Waals surface area contributed by atoms with Gasteiger partial charge in [0.25, 0.3) is 0 Å². The molecule has 3 aliphatic rings. The van der Waals surface area contributed by atoms with E-state index >= 15 is 0 Å². The minimum Gasteiger partial charge on any atom is -0.355 e. The van der Waals surface area contributed by atoms with Crippen molar-refractivity contribution in [3.63, 3.8) is 0 Å². The zero-order valence-corrected chi connectivity index (χ0v) is 17.6. The lowest BCUT2D eigenvalue weighted by molar-refractivity contribution is -0.123. The number of halogens is 1. The van der Waals surface area contributed by atoms with Crippen LogP contribution < -0.4 is 5.32 Å². The molecule has 152 valence electrons. The van der Waals surface area contributed by atoms with Gasteiger partial charge in [-0.2, -0.15) is 0 Å². The maximum atomic E-state index is 13.0. The fourth-order valence-electron chi connectivity index (χ4n) is 5.34. The van der Waals surface area contributed by atoms with E-state index in [1.165, 1.54) is 43.4 Å². The first-order valence-corrected chi connectivity index (χ1v) is 11.4. The first kappa shape index (κ1) is 19.1. The summed E-state index contributed by atoms with van der Waals surface area (Å²) in [6, 6.07) is 17.3. The normalized spacial score (nSPS) is 23.6. The van der Waals surface area contributed by atoms with Crippen LogP contribution in [-0.2, 0) is 23.1 Å². The third kappa shape index (κ3) is 3.83. The number of carbonyl (C=O) groups is 1. The van der Waals surface area contributed by atoms with E-state index in [-0.39, 0.29) is 11.3 Å². The van der Waals surface area contributed by atoms with Crippen molar-refractivity contribution in [3.05, 3.63) is 70.2 Å². The Hall–Kier alpha value is -1.84. The van der Waals surface area contributed by atoms with Crippen molar-refractivity contribution in [3.8, 4) is 0 Å². The van der Waals surface area contributed by atoms with E-state index in [2.05, 4.69) is 34.5 Å². The summed E-state index contributed by atoms with van der Waals surface area (Å²) in [6.07, 6.45) is 6.68. The van der Waals surface area contributed by atoms with E-state index < -0.39 is 0 Å². The molecule has 0 radical (unpaired) electrons. The average Bonchev–Trinajstić information content (AvgIpc) is 3.45. The third-order valence-electron chi connectivity index (χ3n) is 7.23. The number of nitrogens with one attached hydrogen (secondary N) is 1. The highest BCUT2D eigenvalue weighted by Crippen LogP contribution is 2.48. The molecule has 2 aromatic carbocycles. The summed E-state index contributed by atoms with van der Waals surface area (Å²) in [5.74, 6) is 0.752. The number of carbonyl (C=O) groups excluding carboxylic acids is 1. The number of rotatable bonds is 5. The molecule has 5 rings (SSSR count). The van der Waals surface area contributed by atoms with Gasteiger partial charge in [0.1, 0.15) is 0 Å². The Balaban J connectivity index is 1.17. The summed E-state index contributed by atoms with van der Waals surface area (Å²) in [7, 11) is 0. The molecule has 1 saturated carbocycles. The van der Waals surface area contributed by atoms with Crippen LogP contribution in [0.2, 0.25) is 5.02 Å². The molecule has 1 unspecified atom stereocenters. The number of likely N-dealkylation sites (tertiary alicyclic amines) is 1. The van der Waals surface area contributed by atoms with Gasteiger partial charge >= 0.3 is 0 Å². The van der Waals surface area contributed by atoms with Crippen molar-refractivity contribution in [2.45, 2.75) is 50.0 Å². The van der Waals surface area contributed by atoms with Gasteiger partial charge in [0, 0.05) is 24.2 Å². The van der Waals surface area contributed by atoms with E-state index in [0.29, 0.717) is 12.0 Å². The van der Waals surface area contributed by atoms with Crippen LogP contribution in [0.25, 0.3) is 0 Å². The highest BCUT2D eigenvalue weighted by molar-refractivity contribution is 6.30. The third-order valence-corrected chi connectivity index (χ3v) is 7.48. The molecule has 1 atom stereocenters. The first-order chi connectivity index (χ1) is 14.1. The van der Waals surface area contributed by atoms with Crippen molar-refractivity contribution in [1.29, 1.82) is 0 Å². The zero-order valence-electron chi connectivity index (χ0n) is 16.9. The molecule has 2 fully saturated rings. The smallest absolute Gasteiger partial charge is 0.230 e. The van der Waals surface area contributed by atoms with Crippen LogP contribution in [0.1, 0.15) is 42.4 Å². The Labute approximate surface area is 178 Å².